The van der Waals surface area contributed by atoms with Gasteiger partial charge in [-0.05, 0) is 35.9 Å². The lowest BCUT2D eigenvalue weighted by Crippen LogP contribution is -2.46. The van der Waals surface area contributed by atoms with Crippen molar-refractivity contribution in [3.63, 3.8) is 0 Å². The Bertz CT molecular complexity index is 992. The first-order valence-electron chi connectivity index (χ1n) is 10.2. The lowest BCUT2D eigenvalue weighted by molar-refractivity contribution is 0.247. The number of nitrogens with zero attached hydrogens (tertiary/aromatic N) is 3. The van der Waals surface area contributed by atoms with Gasteiger partial charge in [0.1, 0.15) is 17.3 Å². The lowest BCUT2D eigenvalue weighted by atomic mass is 10.1. The average molecular weight is 390 g/mol. The van der Waals surface area contributed by atoms with Gasteiger partial charge in [0.05, 0.1) is 19.4 Å². The molecular formula is C23H26N4O2. The maximum Gasteiger partial charge on any atom is 0.142 e. The molecule has 0 aliphatic carbocycles. The summed E-state index contributed by atoms with van der Waals surface area (Å²) in [4.78, 5) is 13.0. The fraction of sp³-hybridized carbons (Fsp3) is 0.348. The molecule has 29 heavy (non-hydrogen) atoms. The Morgan fingerprint density at radius 2 is 1.97 bits per heavy atom. The van der Waals surface area contributed by atoms with Gasteiger partial charge < -0.3 is 19.4 Å². The second-order valence-electron chi connectivity index (χ2n) is 7.61. The number of benzene rings is 2. The van der Waals surface area contributed by atoms with Crippen molar-refractivity contribution < 1.29 is 9.47 Å². The summed E-state index contributed by atoms with van der Waals surface area (Å²) >= 11 is 0. The van der Waals surface area contributed by atoms with Crippen molar-refractivity contribution in [3.05, 3.63) is 59.9 Å². The van der Waals surface area contributed by atoms with Gasteiger partial charge in [-0.15, -0.1) is 0 Å². The molecule has 0 radical (unpaired) electrons. The smallest absolute Gasteiger partial charge is 0.142 e. The van der Waals surface area contributed by atoms with Crippen LogP contribution in [0.2, 0.25) is 0 Å². The molecule has 1 aromatic heterocycles. The highest BCUT2D eigenvalue weighted by Crippen LogP contribution is 2.30. The van der Waals surface area contributed by atoms with E-state index in [1.165, 1.54) is 11.3 Å². The minimum Gasteiger partial charge on any atom is -0.495 e. The number of H-pyrrole nitrogens is 1. The summed E-state index contributed by atoms with van der Waals surface area (Å²) in [6.45, 7) is 5.69. The highest BCUT2D eigenvalue weighted by molar-refractivity contribution is 5.60. The SMILES string of the molecule is COc1ccccc1N1CCN(Cc2cnc(-c3ccc4c(c3)CCO4)[nH]2)CC1. The summed E-state index contributed by atoms with van der Waals surface area (Å²) in [5, 5.41) is 0. The van der Waals surface area contributed by atoms with Crippen LogP contribution < -0.4 is 14.4 Å². The zero-order chi connectivity index (χ0) is 19.6. The highest BCUT2D eigenvalue weighted by atomic mass is 16.5. The molecule has 2 aliphatic rings. The Balaban J connectivity index is 1.21. The van der Waals surface area contributed by atoms with Crippen molar-refractivity contribution in [2.75, 3.05) is 44.8 Å². The van der Waals surface area contributed by atoms with Crippen molar-refractivity contribution in [2.45, 2.75) is 13.0 Å². The van der Waals surface area contributed by atoms with Gasteiger partial charge in [-0.1, -0.05) is 12.1 Å². The second-order valence-corrected chi connectivity index (χ2v) is 7.61. The van der Waals surface area contributed by atoms with Gasteiger partial charge in [0.25, 0.3) is 0 Å². The van der Waals surface area contributed by atoms with E-state index in [1.807, 2.05) is 18.3 Å². The summed E-state index contributed by atoms with van der Waals surface area (Å²) in [7, 11) is 1.74. The van der Waals surface area contributed by atoms with Crippen LogP contribution in [0.15, 0.2) is 48.7 Å². The maximum absolute atomic E-state index is 5.60. The van der Waals surface area contributed by atoms with Crippen LogP contribution in [-0.4, -0.2) is 54.8 Å². The van der Waals surface area contributed by atoms with E-state index in [4.69, 9.17) is 9.47 Å². The Kier molecular flexibility index (Phi) is 4.86. The van der Waals surface area contributed by atoms with Crippen LogP contribution in [0.25, 0.3) is 11.4 Å². The molecule has 1 saturated heterocycles. The molecule has 0 bridgehead atoms. The Morgan fingerprint density at radius 3 is 2.83 bits per heavy atom. The standard InChI is InChI=1S/C23H26N4O2/c1-28-22-5-3-2-4-20(22)27-11-9-26(10-12-27)16-19-15-24-23(25-19)18-6-7-21-17(14-18)8-13-29-21/h2-7,14-15H,8-13,16H2,1H3,(H,24,25). The molecule has 2 aromatic carbocycles. The molecule has 6 nitrogen and oxygen atoms in total. The molecule has 0 saturated carbocycles. The van der Waals surface area contributed by atoms with E-state index in [0.717, 1.165) is 74.3 Å². The summed E-state index contributed by atoms with van der Waals surface area (Å²) in [6, 6.07) is 14.6. The zero-order valence-electron chi connectivity index (χ0n) is 16.7. The van der Waals surface area contributed by atoms with E-state index in [0.29, 0.717) is 0 Å². The molecule has 3 aromatic rings. The summed E-state index contributed by atoms with van der Waals surface area (Å²) in [6.07, 6.45) is 2.94. The fourth-order valence-electron chi connectivity index (χ4n) is 4.20. The number of imidazole rings is 1. The molecule has 0 unspecified atom stereocenters. The summed E-state index contributed by atoms with van der Waals surface area (Å²) in [5.41, 5.74) is 4.73. The maximum atomic E-state index is 5.60. The zero-order valence-corrected chi connectivity index (χ0v) is 16.7. The van der Waals surface area contributed by atoms with E-state index in [-0.39, 0.29) is 0 Å². The van der Waals surface area contributed by atoms with Crippen molar-refractivity contribution in [1.82, 2.24) is 14.9 Å². The number of hydrogen-bond donors (Lipinski definition) is 1. The monoisotopic (exact) mass is 390 g/mol. The van der Waals surface area contributed by atoms with Crippen LogP contribution in [0.1, 0.15) is 11.3 Å². The van der Waals surface area contributed by atoms with Gasteiger partial charge >= 0.3 is 0 Å². The van der Waals surface area contributed by atoms with Crippen LogP contribution in [0.5, 0.6) is 11.5 Å². The van der Waals surface area contributed by atoms with Crippen LogP contribution in [0.3, 0.4) is 0 Å². The van der Waals surface area contributed by atoms with Crippen LogP contribution >= 0.6 is 0 Å². The van der Waals surface area contributed by atoms with E-state index in [2.05, 4.69) is 50.1 Å². The number of anilines is 1. The quantitative estimate of drug-likeness (QED) is 0.724. The molecule has 2 aliphatic heterocycles. The van der Waals surface area contributed by atoms with Crippen molar-refractivity contribution in [2.24, 2.45) is 0 Å². The van der Waals surface area contributed by atoms with E-state index >= 15 is 0 Å². The molecule has 1 fully saturated rings. The van der Waals surface area contributed by atoms with Crippen LogP contribution in [0, 0.1) is 0 Å². The lowest BCUT2D eigenvalue weighted by Gasteiger charge is -2.36. The Hall–Kier alpha value is -2.99. The topological polar surface area (TPSA) is 53.6 Å². The number of ether oxygens (including phenoxy) is 2. The van der Waals surface area contributed by atoms with Crippen molar-refractivity contribution in [1.29, 1.82) is 0 Å². The number of aromatic amines is 1. The molecule has 150 valence electrons. The minimum atomic E-state index is 0.781. The first kappa shape index (κ1) is 18.1. The first-order valence-corrected chi connectivity index (χ1v) is 10.2. The van der Waals surface area contributed by atoms with Crippen LogP contribution in [-0.2, 0) is 13.0 Å². The van der Waals surface area contributed by atoms with E-state index < -0.39 is 0 Å². The van der Waals surface area contributed by atoms with Gasteiger partial charge in [0, 0.05) is 56.6 Å². The first-order chi connectivity index (χ1) is 14.3. The molecule has 0 atom stereocenters. The largest absolute Gasteiger partial charge is 0.495 e. The van der Waals surface area contributed by atoms with Gasteiger partial charge in [-0.3, -0.25) is 4.90 Å². The van der Waals surface area contributed by atoms with Gasteiger partial charge in [-0.25, -0.2) is 4.98 Å². The molecule has 6 heteroatoms. The number of nitrogens with one attached hydrogen (secondary N) is 1. The third-order valence-electron chi connectivity index (χ3n) is 5.78. The predicted molar refractivity (Wildman–Crippen MR) is 114 cm³/mol. The third-order valence-corrected chi connectivity index (χ3v) is 5.78. The number of methoxy groups -OCH3 is 1. The fourth-order valence-corrected chi connectivity index (χ4v) is 4.20. The third kappa shape index (κ3) is 3.68. The Morgan fingerprint density at radius 1 is 1.10 bits per heavy atom. The molecular weight excluding hydrogens is 364 g/mol. The summed E-state index contributed by atoms with van der Waals surface area (Å²) < 4.78 is 11.1. The van der Waals surface area contributed by atoms with Gasteiger partial charge in [0.2, 0.25) is 0 Å². The predicted octanol–water partition coefficient (Wildman–Crippen LogP) is 3.34. The summed E-state index contributed by atoms with van der Waals surface area (Å²) in [5.74, 6) is 2.88. The number of hydrogen-bond acceptors (Lipinski definition) is 5. The van der Waals surface area contributed by atoms with Crippen molar-refractivity contribution in [3.8, 4) is 22.9 Å². The number of para-hydroxylation sites is 2. The molecule has 3 heterocycles. The van der Waals surface area contributed by atoms with Gasteiger partial charge in [-0.2, -0.15) is 0 Å². The van der Waals surface area contributed by atoms with E-state index in [9.17, 15) is 0 Å². The normalized spacial score (nSPS) is 16.5. The van der Waals surface area contributed by atoms with Crippen molar-refractivity contribution >= 4 is 5.69 Å². The van der Waals surface area contributed by atoms with E-state index in [1.54, 1.807) is 7.11 Å². The molecule has 1 N–H and O–H groups in total. The average Bonchev–Trinajstić information content (AvgIpc) is 3.43. The number of fused-ring (bicyclic) bond motifs is 1. The second kappa shape index (κ2) is 7.79. The molecule has 0 spiro atoms. The number of piperazine rings is 1. The van der Waals surface area contributed by atoms with Crippen LogP contribution in [0.4, 0.5) is 5.69 Å². The highest BCUT2D eigenvalue weighted by Gasteiger charge is 2.20. The molecule has 5 rings (SSSR count). The molecule has 0 amide bonds. The number of rotatable bonds is 5. The minimum absolute atomic E-state index is 0.781. The van der Waals surface area contributed by atoms with Gasteiger partial charge in [0.15, 0.2) is 0 Å². The Labute approximate surface area is 171 Å². The number of aromatic nitrogens is 2.